The Morgan fingerprint density at radius 3 is 2.27 bits per heavy atom. The minimum Gasteiger partial charge on any atom is -0.356 e. The van der Waals surface area contributed by atoms with Crippen LogP contribution in [0.3, 0.4) is 0 Å². The first-order chi connectivity index (χ1) is 7.02. The summed E-state index contributed by atoms with van der Waals surface area (Å²) in [5.41, 5.74) is 0. The van der Waals surface area contributed by atoms with E-state index >= 15 is 0 Å². The van der Waals surface area contributed by atoms with Crippen LogP contribution in [0.15, 0.2) is 0 Å². The van der Waals surface area contributed by atoms with E-state index in [1.54, 1.807) is 6.92 Å². The van der Waals surface area contributed by atoms with Crippen LogP contribution in [-0.4, -0.2) is 18.2 Å². The molecule has 0 heterocycles. The summed E-state index contributed by atoms with van der Waals surface area (Å²) < 4.78 is 0. The van der Waals surface area contributed by atoms with Crippen molar-refractivity contribution in [3.63, 3.8) is 0 Å². The highest BCUT2D eigenvalue weighted by Crippen LogP contribution is 2.01. The second-order valence-electron chi connectivity index (χ2n) is 4.44. The van der Waals surface area contributed by atoms with Gasteiger partial charge in [0.2, 0.25) is 5.91 Å². The minimum atomic E-state index is 0.110. The van der Waals surface area contributed by atoms with Gasteiger partial charge in [0.25, 0.3) is 0 Å². The van der Waals surface area contributed by atoms with E-state index in [9.17, 15) is 9.59 Å². The van der Waals surface area contributed by atoms with Crippen LogP contribution in [0.2, 0.25) is 0 Å². The number of Topliss-reactive ketones (excluding diaryl/α,β-unsaturated/α-hetero) is 1. The van der Waals surface area contributed by atoms with Crippen molar-refractivity contribution in [1.29, 1.82) is 0 Å². The first-order valence-corrected chi connectivity index (χ1v) is 5.78. The molecule has 0 aliphatic heterocycles. The third-order valence-corrected chi connectivity index (χ3v) is 2.23. The van der Waals surface area contributed by atoms with Crippen LogP contribution in [0.5, 0.6) is 0 Å². The molecule has 3 heteroatoms. The molecule has 15 heavy (non-hydrogen) atoms. The molecule has 0 saturated heterocycles. The Morgan fingerprint density at radius 2 is 1.73 bits per heavy atom. The van der Waals surface area contributed by atoms with Gasteiger partial charge in [0, 0.05) is 19.4 Å². The summed E-state index contributed by atoms with van der Waals surface area (Å²) in [6.45, 7) is 6.63. The molecule has 0 aromatic heterocycles. The van der Waals surface area contributed by atoms with Gasteiger partial charge in [-0.2, -0.15) is 0 Å². The molecule has 3 nitrogen and oxygen atoms in total. The van der Waals surface area contributed by atoms with Crippen molar-refractivity contribution in [2.24, 2.45) is 5.92 Å². The Morgan fingerprint density at radius 1 is 1.13 bits per heavy atom. The number of amides is 1. The summed E-state index contributed by atoms with van der Waals surface area (Å²) in [4.78, 5) is 21.9. The van der Waals surface area contributed by atoms with E-state index in [1.807, 2.05) is 0 Å². The van der Waals surface area contributed by atoms with Crippen molar-refractivity contribution in [1.82, 2.24) is 5.32 Å². The van der Waals surface area contributed by atoms with Crippen molar-refractivity contribution >= 4 is 11.7 Å². The van der Waals surface area contributed by atoms with E-state index in [0.717, 1.165) is 25.8 Å². The summed E-state index contributed by atoms with van der Waals surface area (Å²) >= 11 is 0. The SMILES string of the molecule is CC(=O)CCCCC(=O)NCCC(C)C. The van der Waals surface area contributed by atoms with Crippen LogP contribution in [0.4, 0.5) is 0 Å². The highest BCUT2D eigenvalue weighted by atomic mass is 16.1. The number of rotatable bonds is 8. The van der Waals surface area contributed by atoms with Gasteiger partial charge < -0.3 is 10.1 Å². The molecule has 0 aromatic carbocycles. The Bertz CT molecular complexity index is 200. The minimum absolute atomic E-state index is 0.110. The Hall–Kier alpha value is -0.860. The molecule has 0 saturated carbocycles. The molecule has 1 amide bonds. The topological polar surface area (TPSA) is 46.2 Å². The first-order valence-electron chi connectivity index (χ1n) is 5.78. The van der Waals surface area contributed by atoms with E-state index < -0.39 is 0 Å². The lowest BCUT2D eigenvalue weighted by Crippen LogP contribution is -2.24. The van der Waals surface area contributed by atoms with Gasteiger partial charge in [-0.1, -0.05) is 13.8 Å². The smallest absolute Gasteiger partial charge is 0.219 e. The number of carbonyl (C=O) groups excluding carboxylic acids is 2. The maximum Gasteiger partial charge on any atom is 0.219 e. The van der Waals surface area contributed by atoms with Gasteiger partial charge in [-0.25, -0.2) is 0 Å². The number of hydrogen-bond donors (Lipinski definition) is 1. The van der Waals surface area contributed by atoms with Crippen LogP contribution in [-0.2, 0) is 9.59 Å². The molecule has 0 rings (SSSR count). The molecule has 0 fully saturated rings. The number of ketones is 1. The number of nitrogens with one attached hydrogen (secondary N) is 1. The molecule has 0 aromatic rings. The molecule has 0 radical (unpaired) electrons. The summed E-state index contributed by atoms with van der Waals surface area (Å²) in [7, 11) is 0. The van der Waals surface area contributed by atoms with Crippen LogP contribution in [0.25, 0.3) is 0 Å². The van der Waals surface area contributed by atoms with Crippen molar-refractivity contribution in [3.8, 4) is 0 Å². The number of unbranched alkanes of at least 4 members (excludes halogenated alkanes) is 1. The van der Waals surface area contributed by atoms with Gasteiger partial charge in [0.05, 0.1) is 0 Å². The average molecular weight is 213 g/mol. The molecule has 0 aliphatic carbocycles. The predicted octanol–water partition coefficient (Wildman–Crippen LogP) is 2.30. The second-order valence-corrected chi connectivity index (χ2v) is 4.44. The lowest BCUT2D eigenvalue weighted by atomic mass is 10.1. The fourth-order valence-corrected chi connectivity index (χ4v) is 1.25. The van der Waals surface area contributed by atoms with Crippen molar-refractivity contribution in [3.05, 3.63) is 0 Å². The lowest BCUT2D eigenvalue weighted by molar-refractivity contribution is -0.121. The highest BCUT2D eigenvalue weighted by Gasteiger charge is 2.01. The molecule has 0 unspecified atom stereocenters. The maximum absolute atomic E-state index is 11.3. The van der Waals surface area contributed by atoms with E-state index in [2.05, 4.69) is 19.2 Å². The largest absolute Gasteiger partial charge is 0.356 e. The lowest BCUT2D eigenvalue weighted by Gasteiger charge is -2.06. The fourth-order valence-electron chi connectivity index (χ4n) is 1.25. The van der Waals surface area contributed by atoms with Gasteiger partial charge >= 0.3 is 0 Å². The van der Waals surface area contributed by atoms with Crippen LogP contribution < -0.4 is 5.32 Å². The molecular formula is C12H23NO2. The first kappa shape index (κ1) is 14.1. The van der Waals surface area contributed by atoms with Crippen LogP contribution in [0.1, 0.15) is 52.9 Å². The normalized spacial score (nSPS) is 10.4. The second kappa shape index (κ2) is 8.45. The van der Waals surface area contributed by atoms with Crippen molar-refractivity contribution < 1.29 is 9.59 Å². The third-order valence-electron chi connectivity index (χ3n) is 2.23. The highest BCUT2D eigenvalue weighted by molar-refractivity contribution is 5.76. The van der Waals surface area contributed by atoms with Gasteiger partial charge in [0.1, 0.15) is 5.78 Å². The molecule has 0 spiro atoms. The maximum atomic E-state index is 11.3. The average Bonchev–Trinajstić information content (AvgIpc) is 2.11. The third kappa shape index (κ3) is 11.1. The molecule has 88 valence electrons. The molecule has 1 N–H and O–H groups in total. The van der Waals surface area contributed by atoms with E-state index in [0.29, 0.717) is 18.8 Å². The van der Waals surface area contributed by atoms with Gasteiger partial charge in [-0.3, -0.25) is 4.79 Å². The zero-order valence-corrected chi connectivity index (χ0v) is 10.1. The Balaban J connectivity index is 3.30. The monoisotopic (exact) mass is 213 g/mol. The van der Waals surface area contributed by atoms with Gasteiger partial charge in [-0.05, 0) is 32.1 Å². The zero-order chi connectivity index (χ0) is 11.7. The predicted molar refractivity (Wildman–Crippen MR) is 61.6 cm³/mol. The molecule has 0 aliphatic rings. The number of hydrogen-bond acceptors (Lipinski definition) is 2. The van der Waals surface area contributed by atoms with Crippen molar-refractivity contribution in [2.45, 2.75) is 52.9 Å². The van der Waals surface area contributed by atoms with Gasteiger partial charge in [-0.15, -0.1) is 0 Å². The molecule has 0 atom stereocenters. The zero-order valence-electron chi connectivity index (χ0n) is 10.1. The standard InChI is InChI=1S/C12H23NO2/c1-10(2)8-9-13-12(15)7-5-4-6-11(3)14/h10H,4-9H2,1-3H3,(H,13,15). The van der Waals surface area contributed by atoms with Crippen molar-refractivity contribution in [2.75, 3.05) is 6.54 Å². The fraction of sp³-hybridized carbons (Fsp3) is 0.833. The Labute approximate surface area is 92.6 Å². The summed E-state index contributed by atoms with van der Waals surface area (Å²) in [5, 5.41) is 2.88. The molecular weight excluding hydrogens is 190 g/mol. The summed E-state index contributed by atoms with van der Waals surface area (Å²) in [5.74, 6) is 0.942. The van der Waals surface area contributed by atoms with E-state index in [4.69, 9.17) is 0 Å². The summed E-state index contributed by atoms with van der Waals surface area (Å²) in [6.07, 6.45) is 3.81. The number of carbonyl (C=O) groups is 2. The van der Waals surface area contributed by atoms with E-state index in [-0.39, 0.29) is 11.7 Å². The van der Waals surface area contributed by atoms with Gasteiger partial charge in [0.15, 0.2) is 0 Å². The van der Waals surface area contributed by atoms with Crippen LogP contribution >= 0.6 is 0 Å². The van der Waals surface area contributed by atoms with E-state index in [1.165, 1.54) is 0 Å². The Kier molecular flexibility index (Phi) is 7.96. The summed E-state index contributed by atoms with van der Waals surface area (Å²) in [6, 6.07) is 0. The molecule has 0 bridgehead atoms. The van der Waals surface area contributed by atoms with Crippen LogP contribution in [0, 0.1) is 5.92 Å². The quantitative estimate of drug-likeness (QED) is 0.629.